The van der Waals surface area contributed by atoms with E-state index in [1.165, 1.54) is 13.0 Å². The van der Waals surface area contributed by atoms with Crippen molar-refractivity contribution in [3.8, 4) is 0 Å². The number of amides is 2. The number of benzene rings is 1. The van der Waals surface area contributed by atoms with E-state index in [1.807, 2.05) is 0 Å². The van der Waals surface area contributed by atoms with Gasteiger partial charge >= 0.3 is 0 Å². The molecule has 2 amide bonds. The number of rotatable bonds is 4. The number of halogens is 1. The third-order valence-corrected chi connectivity index (χ3v) is 2.10. The highest BCUT2D eigenvalue weighted by Gasteiger charge is 2.18. The molecule has 0 saturated heterocycles. The van der Waals surface area contributed by atoms with Crippen LogP contribution < -0.4 is 11.1 Å². The fraction of sp³-hybridized carbons (Fsp3) is 0.273. The molecule has 1 aromatic carbocycles. The molecule has 0 unspecified atom stereocenters. The second-order valence-corrected chi connectivity index (χ2v) is 3.45. The van der Waals surface area contributed by atoms with E-state index in [4.69, 9.17) is 5.73 Å². The molecule has 1 rings (SSSR count). The Morgan fingerprint density at radius 1 is 1.44 bits per heavy atom. The standard InChI is InChI=1S/C11H13FN2O2/c1-7(15)14-10(11(13)16)6-8-4-2-3-5-9(8)12/h2-5,10H,6H2,1H3,(H2,13,16)(H,14,15)/t10-/m0/s1. The number of hydrogen-bond donors (Lipinski definition) is 2. The zero-order valence-electron chi connectivity index (χ0n) is 8.87. The van der Waals surface area contributed by atoms with Crippen LogP contribution in [-0.2, 0) is 16.0 Å². The molecule has 3 N–H and O–H groups in total. The van der Waals surface area contributed by atoms with Crippen molar-refractivity contribution < 1.29 is 14.0 Å². The lowest BCUT2D eigenvalue weighted by Crippen LogP contribution is -2.45. The molecule has 86 valence electrons. The van der Waals surface area contributed by atoms with Crippen LogP contribution >= 0.6 is 0 Å². The van der Waals surface area contributed by atoms with Gasteiger partial charge in [0.05, 0.1) is 0 Å². The molecule has 4 nitrogen and oxygen atoms in total. The third-order valence-electron chi connectivity index (χ3n) is 2.10. The quantitative estimate of drug-likeness (QED) is 0.775. The second kappa shape index (κ2) is 5.25. The molecule has 0 aliphatic carbocycles. The summed E-state index contributed by atoms with van der Waals surface area (Å²) in [5.41, 5.74) is 5.45. The molecule has 1 atom stereocenters. The zero-order chi connectivity index (χ0) is 12.1. The van der Waals surface area contributed by atoms with Crippen LogP contribution in [-0.4, -0.2) is 17.9 Å². The number of carbonyl (C=O) groups excluding carboxylic acids is 2. The van der Waals surface area contributed by atoms with Crippen LogP contribution in [0.3, 0.4) is 0 Å². The van der Waals surface area contributed by atoms with Crippen molar-refractivity contribution >= 4 is 11.8 Å². The van der Waals surface area contributed by atoms with E-state index in [0.717, 1.165) is 0 Å². The fourth-order valence-corrected chi connectivity index (χ4v) is 1.35. The van der Waals surface area contributed by atoms with E-state index in [9.17, 15) is 14.0 Å². The monoisotopic (exact) mass is 224 g/mol. The van der Waals surface area contributed by atoms with Gasteiger partial charge in [0.25, 0.3) is 0 Å². The number of primary amides is 1. The van der Waals surface area contributed by atoms with Crippen molar-refractivity contribution in [3.63, 3.8) is 0 Å². The normalized spacial score (nSPS) is 11.9. The molecule has 0 heterocycles. The van der Waals surface area contributed by atoms with E-state index in [2.05, 4.69) is 5.32 Å². The molecule has 0 saturated carbocycles. The smallest absolute Gasteiger partial charge is 0.240 e. The van der Waals surface area contributed by atoms with E-state index >= 15 is 0 Å². The Morgan fingerprint density at radius 3 is 2.56 bits per heavy atom. The number of nitrogens with one attached hydrogen (secondary N) is 1. The summed E-state index contributed by atoms with van der Waals surface area (Å²) in [5, 5.41) is 2.37. The van der Waals surface area contributed by atoms with Crippen molar-refractivity contribution in [2.45, 2.75) is 19.4 Å². The maximum absolute atomic E-state index is 13.3. The highest BCUT2D eigenvalue weighted by Crippen LogP contribution is 2.09. The van der Waals surface area contributed by atoms with Crippen LogP contribution in [0.5, 0.6) is 0 Å². The lowest BCUT2D eigenvalue weighted by atomic mass is 10.0. The number of nitrogens with two attached hydrogens (primary N) is 1. The maximum atomic E-state index is 13.3. The predicted octanol–water partition coefficient (Wildman–Crippen LogP) is 0.358. The van der Waals surface area contributed by atoms with Gasteiger partial charge in [0.1, 0.15) is 11.9 Å². The van der Waals surface area contributed by atoms with Gasteiger partial charge in [-0.3, -0.25) is 9.59 Å². The zero-order valence-corrected chi connectivity index (χ0v) is 8.87. The molecule has 16 heavy (non-hydrogen) atoms. The summed E-state index contributed by atoms with van der Waals surface area (Å²) in [7, 11) is 0. The largest absolute Gasteiger partial charge is 0.368 e. The Labute approximate surface area is 92.6 Å². The van der Waals surface area contributed by atoms with Crippen LogP contribution in [0.25, 0.3) is 0 Å². The lowest BCUT2D eigenvalue weighted by molar-refractivity contribution is -0.126. The molecule has 0 fully saturated rings. The van der Waals surface area contributed by atoms with Crippen LogP contribution in [0.15, 0.2) is 24.3 Å². The first-order valence-electron chi connectivity index (χ1n) is 4.80. The Balaban J connectivity index is 2.80. The second-order valence-electron chi connectivity index (χ2n) is 3.45. The summed E-state index contributed by atoms with van der Waals surface area (Å²) < 4.78 is 13.3. The average Bonchev–Trinajstić information content (AvgIpc) is 2.19. The van der Waals surface area contributed by atoms with Crippen molar-refractivity contribution in [1.29, 1.82) is 0 Å². The van der Waals surface area contributed by atoms with Gasteiger partial charge in [-0.2, -0.15) is 0 Å². The molecular weight excluding hydrogens is 211 g/mol. The first kappa shape index (κ1) is 12.2. The lowest BCUT2D eigenvalue weighted by Gasteiger charge is -2.14. The minimum absolute atomic E-state index is 0.0571. The molecule has 0 bridgehead atoms. The maximum Gasteiger partial charge on any atom is 0.240 e. The Kier molecular flexibility index (Phi) is 3.99. The summed E-state index contributed by atoms with van der Waals surface area (Å²) >= 11 is 0. The van der Waals surface area contributed by atoms with Crippen LogP contribution in [0.4, 0.5) is 4.39 Å². The first-order chi connectivity index (χ1) is 7.50. The summed E-state index contributed by atoms with van der Waals surface area (Å²) in [6.07, 6.45) is 0.0571. The SMILES string of the molecule is CC(=O)N[C@@H](Cc1ccccc1F)C(N)=O. The van der Waals surface area contributed by atoms with Gasteiger partial charge in [0.15, 0.2) is 0 Å². The molecule has 0 spiro atoms. The number of hydrogen-bond acceptors (Lipinski definition) is 2. The summed E-state index contributed by atoms with van der Waals surface area (Å²) in [5.74, 6) is -1.47. The minimum Gasteiger partial charge on any atom is -0.368 e. The van der Waals surface area contributed by atoms with Crippen LogP contribution in [0.2, 0.25) is 0 Å². The van der Waals surface area contributed by atoms with E-state index in [0.29, 0.717) is 5.56 Å². The van der Waals surface area contributed by atoms with Gasteiger partial charge in [-0.05, 0) is 11.6 Å². The van der Waals surface area contributed by atoms with Crippen molar-refractivity contribution in [3.05, 3.63) is 35.6 Å². The molecule has 1 aromatic rings. The van der Waals surface area contributed by atoms with E-state index in [1.54, 1.807) is 18.2 Å². The van der Waals surface area contributed by atoms with Crippen molar-refractivity contribution in [2.75, 3.05) is 0 Å². The van der Waals surface area contributed by atoms with E-state index in [-0.39, 0.29) is 12.3 Å². The topological polar surface area (TPSA) is 72.2 Å². The third kappa shape index (κ3) is 3.34. The summed E-state index contributed by atoms with van der Waals surface area (Å²) in [6, 6.07) is 5.17. The Morgan fingerprint density at radius 2 is 2.06 bits per heavy atom. The van der Waals surface area contributed by atoms with Crippen LogP contribution in [0.1, 0.15) is 12.5 Å². The molecule has 0 aromatic heterocycles. The molecule has 5 heteroatoms. The van der Waals surface area contributed by atoms with E-state index < -0.39 is 17.8 Å². The van der Waals surface area contributed by atoms with Gasteiger partial charge in [-0.1, -0.05) is 18.2 Å². The summed E-state index contributed by atoms with van der Waals surface area (Å²) in [4.78, 5) is 21.9. The minimum atomic E-state index is -0.880. The van der Waals surface area contributed by atoms with Gasteiger partial charge in [-0.15, -0.1) is 0 Å². The molecular formula is C11H13FN2O2. The summed E-state index contributed by atoms with van der Waals surface area (Å²) in [6.45, 7) is 1.28. The van der Waals surface area contributed by atoms with Gasteiger partial charge < -0.3 is 11.1 Å². The first-order valence-corrected chi connectivity index (χ1v) is 4.80. The van der Waals surface area contributed by atoms with Gasteiger partial charge in [-0.25, -0.2) is 4.39 Å². The van der Waals surface area contributed by atoms with Crippen molar-refractivity contribution in [1.82, 2.24) is 5.32 Å². The number of carbonyl (C=O) groups is 2. The van der Waals surface area contributed by atoms with Crippen molar-refractivity contribution in [2.24, 2.45) is 5.73 Å². The predicted molar refractivity (Wildman–Crippen MR) is 56.9 cm³/mol. The van der Waals surface area contributed by atoms with Crippen LogP contribution in [0, 0.1) is 5.82 Å². The Bertz CT molecular complexity index is 407. The Hall–Kier alpha value is -1.91. The molecule has 0 aliphatic rings. The average molecular weight is 224 g/mol. The fourth-order valence-electron chi connectivity index (χ4n) is 1.35. The van der Waals surface area contributed by atoms with Gasteiger partial charge in [0, 0.05) is 13.3 Å². The molecule has 0 radical (unpaired) electrons. The van der Waals surface area contributed by atoms with Gasteiger partial charge in [0.2, 0.25) is 11.8 Å². The highest BCUT2D eigenvalue weighted by atomic mass is 19.1. The molecule has 0 aliphatic heterocycles. The highest BCUT2D eigenvalue weighted by molar-refractivity contribution is 5.85.